The van der Waals surface area contributed by atoms with Crippen LogP contribution < -0.4 is 10.6 Å². The molecular formula is C28H32N2O5. The van der Waals surface area contributed by atoms with Gasteiger partial charge in [0.15, 0.2) is 0 Å². The van der Waals surface area contributed by atoms with E-state index in [1.54, 1.807) is 0 Å². The summed E-state index contributed by atoms with van der Waals surface area (Å²) in [6, 6.07) is 16.4. The van der Waals surface area contributed by atoms with Crippen molar-refractivity contribution in [1.29, 1.82) is 0 Å². The van der Waals surface area contributed by atoms with E-state index in [9.17, 15) is 19.5 Å². The maximum absolute atomic E-state index is 12.9. The highest BCUT2D eigenvalue weighted by Gasteiger charge is 2.48. The lowest BCUT2D eigenvalue weighted by atomic mass is 9.73. The molecule has 184 valence electrons. The van der Waals surface area contributed by atoms with Crippen molar-refractivity contribution < 1.29 is 24.2 Å². The van der Waals surface area contributed by atoms with E-state index in [2.05, 4.69) is 34.9 Å². The first-order chi connectivity index (χ1) is 16.8. The summed E-state index contributed by atoms with van der Waals surface area (Å²) in [6.07, 6.45) is 3.95. The molecule has 3 aliphatic rings. The number of amides is 2. The number of carboxylic acid groups (broad SMARTS) is 1. The predicted octanol–water partition coefficient (Wildman–Crippen LogP) is 4.60. The van der Waals surface area contributed by atoms with Crippen molar-refractivity contribution in [3.8, 4) is 11.1 Å². The molecule has 0 saturated heterocycles. The van der Waals surface area contributed by atoms with Gasteiger partial charge in [-0.25, -0.2) is 4.79 Å². The summed E-state index contributed by atoms with van der Waals surface area (Å²) < 4.78 is 5.66. The fourth-order valence-corrected chi connectivity index (χ4v) is 5.90. The van der Waals surface area contributed by atoms with E-state index in [1.807, 2.05) is 31.2 Å². The molecule has 2 fully saturated rings. The van der Waals surface area contributed by atoms with Gasteiger partial charge in [0, 0.05) is 12.3 Å². The Morgan fingerprint density at radius 3 is 2.17 bits per heavy atom. The number of aliphatic carboxylic acids is 1. The van der Waals surface area contributed by atoms with Gasteiger partial charge in [-0.05, 0) is 54.9 Å². The number of rotatable bonds is 7. The highest BCUT2D eigenvalue weighted by atomic mass is 16.5. The molecule has 3 aliphatic carbocycles. The van der Waals surface area contributed by atoms with Gasteiger partial charge in [0.25, 0.3) is 0 Å². The van der Waals surface area contributed by atoms with Crippen LogP contribution in [-0.4, -0.2) is 40.8 Å². The topological polar surface area (TPSA) is 105 Å². The van der Waals surface area contributed by atoms with Crippen LogP contribution in [0.1, 0.15) is 68.9 Å². The van der Waals surface area contributed by atoms with Crippen molar-refractivity contribution in [2.75, 3.05) is 6.61 Å². The molecule has 7 nitrogen and oxygen atoms in total. The average Bonchev–Trinajstić information content (AvgIpc) is 3.49. The van der Waals surface area contributed by atoms with Crippen LogP contribution in [0, 0.1) is 5.92 Å². The van der Waals surface area contributed by atoms with Crippen molar-refractivity contribution in [2.24, 2.45) is 5.92 Å². The minimum Gasteiger partial charge on any atom is -0.481 e. The Morgan fingerprint density at radius 2 is 1.57 bits per heavy atom. The van der Waals surface area contributed by atoms with Gasteiger partial charge in [-0.1, -0.05) is 61.4 Å². The SMILES string of the molecule is CC1(NC(=O)CC2(NC(=O)OCC3c4ccccc4-c4ccccc43)CC2)CCCCC1C(=O)O. The van der Waals surface area contributed by atoms with Crippen molar-refractivity contribution >= 4 is 18.0 Å². The van der Waals surface area contributed by atoms with Crippen molar-refractivity contribution in [1.82, 2.24) is 10.6 Å². The Hall–Kier alpha value is -3.35. The number of hydrogen-bond donors (Lipinski definition) is 3. The molecule has 0 bridgehead atoms. The quantitative estimate of drug-likeness (QED) is 0.542. The summed E-state index contributed by atoms with van der Waals surface area (Å²) in [6.45, 7) is 2.04. The number of hydrogen-bond acceptors (Lipinski definition) is 4. The fourth-order valence-electron chi connectivity index (χ4n) is 5.90. The molecule has 5 rings (SSSR count). The molecule has 2 aromatic carbocycles. The molecule has 0 aromatic heterocycles. The van der Waals surface area contributed by atoms with E-state index in [-0.39, 0.29) is 24.9 Å². The molecule has 2 atom stereocenters. The molecule has 0 heterocycles. The van der Waals surface area contributed by atoms with Crippen molar-refractivity contribution in [3.63, 3.8) is 0 Å². The van der Waals surface area contributed by atoms with Crippen LogP contribution in [0.5, 0.6) is 0 Å². The van der Waals surface area contributed by atoms with Crippen LogP contribution in [0.2, 0.25) is 0 Å². The van der Waals surface area contributed by atoms with E-state index in [0.717, 1.165) is 24.0 Å². The van der Waals surface area contributed by atoms with Gasteiger partial charge in [0.2, 0.25) is 5.91 Å². The third-order valence-corrected chi connectivity index (χ3v) is 7.99. The van der Waals surface area contributed by atoms with Gasteiger partial charge in [0.05, 0.1) is 17.0 Å². The Bertz CT molecular complexity index is 1110. The number of nitrogens with one attached hydrogen (secondary N) is 2. The highest BCUT2D eigenvalue weighted by molar-refractivity contribution is 5.82. The molecule has 2 unspecified atom stereocenters. The number of carbonyl (C=O) groups is 3. The minimum absolute atomic E-state index is 0.0224. The number of benzene rings is 2. The number of alkyl carbamates (subject to hydrolysis) is 1. The van der Waals surface area contributed by atoms with Crippen molar-refractivity contribution in [3.05, 3.63) is 59.7 Å². The predicted molar refractivity (Wildman–Crippen MR) is 131 cm³/mol. The summed E-state index contributed by atoms with van der Waals surface area (Å²) in [4.78, 5) is 37.3. The Morgan fingerprint density at radius 1 is 0.943 bits per heavy atom. The lowest BCUT2D eigenvalue weighted by Gasteiger charge is -2.40. The van der Waals surface area contributed by atoms with Gasteiger partial charge >= 0.3 is 12.1 Å². The van der Waals surface area contributed by atoms with Gasteiger partial charge < -0.3 is 20.5 Å². The Kier molecular flexibility index (Phi) is 6.03. The number of carbonyl (C=O) groups excluding carboxylic acids is 2. The molecule has 0 aliphatic heterocycles. The third-order valence-electron chi connectivity index (χ3n) is 7.99. The van der Waals surface area contributed by atoms with Crippen LogP contribution in [0.4, 0.5) is 4.79 Å². The second-order valence-electron chi connectivity index (χ2n) is 10.5. The lowest BCUT2D eigenvalue weighted by Crippen LogP contribution is -2.56. The first kappa shape index (κ1) is 23.4. The first-order valence-electron chi connectivity index (χ1n) is 12.5. The zero-order valence-electron chi connectivity index (χ0n) is 20.0. The largest absolute Gasteiger partial charge is 0.481 e. The molecule has 35 heavy (non-hydrogen) atoms. The summed E-state index contributed by atoms with van der Waals surface area (Å²) >= 11 is 0. The molecule has 0 spiro atoms. The van der Waals surface area contributed by atoms with E-state index in [4.69, 9.17) is 4.74 Å². The van der Waals surface area contributed by atoms with Crippen LogP contribution in [0.25, 0.3) is 11.1 Å². The zero-order chi connectivity index (χ0) is 24.6. The molecule has 0 radical (unpaired) electrons. The smallest absolute Gasteiger partial charge is 0.407 e. The standard InChI is InChI=1S/C28H32N2O5/c1-27(13-7-6-12-23(27)25(32)33)29-24(31)16-28(14-15-28)30-26(34)35-17-22-20-10-4-2-8-18(20)19-9-3-5-11-21(19)22/h2-5,8-11,22-23H,6-7,12-17H2,1H3,(H,29,31)(H,30,34)(H,32,33). The van der Waals surface area contributed by atoms with Gasteiger partial charge in [-0.2, -0.15) is 0 Å². The second-order valence-corrected chi connectivity index (χ2v) is 10.5. The Labute approximate surface area is 205 Å². The fraction of sp³-hybridized carbons (Fsp3) is 0.464. The first-order valence-corrected chi connectivity index (χ1v) is 12.5. The molecule has 2 aromatic rings. The molecule has 3 N–H and O–H groups in total. The number of carboxylic acids is 1. The highest BCUT2D eigenvalue weighted by Crippen LogP contribution is 2.45. The maximum Gasteiger partial charge on any atom is 0.407 e. The molecule has 2 saturated carbocycles. The Balaban J connectivity index is 1.18. The van der Waals surface area contributed by atoms with Crippen LogP contribution in [0.3, 0.4) is 0 Å². The van der Waals surface area contributed by atoms with E-state index < -0.39 is 29.1 Å². The molecule has 2 amide bonds. The summed E-state index contributed by atoms with van der Waals surface area (Å²) in [5.41, 5.74) is 3.26. The lowest BCUT2D eigenvalue weighted by molar-refractivity contribution is -0.146. The molecule has 7 heteroatoms. The normalized spacial score (nSPS) is 24.1. The summed E-state index contributed by atoms with van der Waals surface area (Å²) in [5.74, 6) is -1.71. The monoisotopic (exact) mass is 476 g/mol. The second kappa shape index (κ2) is 9.02. The third kappa shape index (κ3) is 4.64. The van der Waals surface area contributed by atoms with Crippen LogP contribution in [-0.2, 0) is 14.3 Å². The average molecular weight is 477 g/mol. The molecular weight excluding hydrogens is 444 g/mol. The van der Waals surface area contributed by atoms with E-state index in [0.29, 0.717) is 25.7 Å². The van der Waals surface area contributed by atoms with Gasteiger partial charge in [-0.3, -0.25) is 9.59 Å². The van der Waals surface area contributed by atoms with Gasteiger partial charge in [0.1, 0.15) is 6.61 Å². The van der Waals surface area contributed by atoms with E-state index in [1.165, 1.54) is 11.1 Å². The van der Waals surface area contributed by atoms with Crippen molar-refractivity contribution in [2.45, 2.75) is 68.9 Å². The minimum atomic E-state index is -0.870. The van der Waals surface area contributed by atoms with E-state index >= 15 is 0 Å². The number of fused-ring (bicyclic) bond motifs is 3. The number of ether oxygens (including phenoxy) is 1. The van der Waals surface area contributed by atoms with Gasteiger partial charge in [-0.15, -0.1) is 0 Å². The summed E-state index contributed by atoms with van der Waals surface area (Å²) in [5, 5.41) is 15.5. The van der Waals surface area contributed by atoms with Crippen LogP contribution >= 0.6 is 0 Å². The van der Waals surface area contributed by atoms with Crippen LogP contribution in [0.15, 0.2) is 48.5 Å². The zero-order valence-corrected chi connectivity index (χ0v) is 20.0. The summed E-state index contributed by atoms with van der Waals surface area (Å²) in [7, 11) is 0. The maximum atomic E-state index is 12.9.